The summed E-state index contributed by atoms with van der Waals surface area (Å²) in [6, 6.07) is 0. The van der Waals surface area contributed by atoms with Crippen LogP contribution in [0.1, 0.15) is 0 Å². The van der Waals surface area contributed by atoms with Gasteiger partial charge in [-0.2, -0.15) is 0 Å². The van der Waals surface area contributed by atoms with Gasteiger partial charge in [-0.05, 0) is 0 Å². The van der Waals surface area contributed by atoms with Crippen molar-refractivity contribution in [1.82, 2.24) is 9.80 Å². The van der Waals surface area contributed by atoms with Crippen LogP contribution in [0.4, 0.5) is 0 Å². The van der Waals surface area contributed by atoms with Crippen molar-refractivity contribution in [1.29, 1.82) is 0 Å². The molecule has 0 radical (unpaired) electrons. The van der Waals surface area contributed by atoms with E-state index in [2.05, 4.69) is 0 Å². The van der Waals surface area contributed by atoms with Crippen molar-refractivity contribution in [3.8, 4) is 0 Å². The topological polar surface area (TPSA) is 213 Å². The molecule has 0 atom stereocenters. The number of quaternary nitrogens is 1. The van der Waals surface area contributed by atoms with Crippen molar-refractivity contribution in [2.24, 2.45) is 0 Å². The average Bonchev–Trinajstić information content (AvgIpc) is 2.54. The number of hydrogen-bond acceptors (Lipinski definition) is 8. The Hall–Kier alpha value is -2.81. The van der Waals surface area contributed by atoms with Gasteiger partial charge < -0.3 is 30.6 Å². The Morgan fingerprint density at radius 2 is 0.966 bits per heavy atom. The van der Waals surface area contributed by atoms with Crippen LogP contribution in [-0.2, 0) is 24.0 Å². The Morgan fingerprint density at radius 3 is 1.31 bits per heavy atom. The number of carbonyl (C=O) groups is 5. The van der Waals surface area contributed by atoms with E-state index in [0.29, 0.717) is 0 Å². The van der Waals surface area contributed by atoms with Gasteiger partial charge in [0.1, 0.15) is 0 Å². The highest BCUT2D eigenvalue weighted by atomic mass is 16.4. The quantitative estimate of drug-likeness (QED) is 0.100. The zero-order valence-corrected chi connectivity index (χ0v) is 15.6. The van der Waals surface area contributed by atoms with Gasteiger partial charge in [-0.1, -0.05) is 0 Å². The highest BCUT2D eigenvalue weighted by molar-refractivity contribution is 5.72. The molecule has 0 bridgehead atoms. The average molecular weight is 424 g/mol. The summed E-state index contributed by atoms with van der Waals surface area (Å²) in [4.78, 5) is 57.2. The maximum Gasteiger partial charge on any atom is 0.359 e. The van der Waals surface area contributed by atoms with Crippen LogP contribution in [0.3, 0.4) is 0 Å². The van der Waals surface area contributed by atoms with Gasteiger partial charge in [-0.3, -0.25) is 28.7 Å². The monoisotopic (exact) mass is 424 g/mol. The van der Waals surface area contributed by atoms with E-state index < -0.39 is 73.8 Å². The van der Waals surface area contributed by atoms with E-state index in [-0.39, 0.29) is 26.2 Å². The first-order valence-corrected chi connectivity index (χ1v) is 8.38. The van der Waals surface area contributed by atoms with Crippen LogP contribution >= 0.6 is 0 Å². The lowest BCUT2D eigenvalue weighted by atomic mass is 10.3. The van der Waals surface area contributed by atoms with Gasteiger partial charge in [0.15, 0.2) is 19.8 Å². The molecule has 0 aromatic carbocycles. The number of carboxylic acids is 5. The van der Waals surface area contributed by atoms with Crippen LogP contribution < -0.4 is 0 Å². The lowest BCUT2D eigenvalue weighted by molar-refractivity contribution is -0.931. The molecule has 0 spiro atoms. The first-order valence-electron chi connectivity index (χ1n) is 8.38. The summed E-state index contributed by atoms with van der Waals surface area (Å²) < 4.78 is -0.741. The molecule has 6 N–H and O–H groups in total. The molecule has 0 saturated carbocycles. The fourth-order valence-corrected chi connectivity index (χ4v) is 2.65. The predicted molar refractivity (Wildman–Crippen MR) is 93.0 cm³/mol. The zero-order valence-electron chi connectivity index (χ0n) is 15.6. The molecule has 0 aliphatic carbocycles. The second-order valence-electron chi connectivity index (χ2n) is 6.48. The smallest absolute Gasteiger partial charge is 0.359 e. The van der Waals surface area contributed by atoms with Gasteiger partial charge in [0, 0.05) is 19.6 Å². The molecule has 14 nitrogen and oxygen atoms in total. The SMILES string of the molecule is O=C(O)CN(CCN(CC(=O)O)CC(=O)O)CC[N+](CO)(CC(=O)O)CC(=O)O. The number of rotatable bonds is 17. The molecular formula is C15H26N3O11+. The van der Waals surface area contributed by atoms with Crippen LogP contribution in [0, 0.1) is 0 Å². The Labute approximate surface area is 165 Å². The third-order valence-corrected chi connectivity index (χ3v) is 3.94. The standard InChI is InChI=1S/C15H25N3O11/c19-10-18(8-14(26)27,9-15(28)29)4-3-16(5-11(20)21)1-2-17(6-12(22)23)7-13(24)25/h19H,1-10H2,(H4-,20,21,22,23,24,25,26,27,28,29)/p+1. The molecule has 14 heteroatoms. The second-order valence-corrected chi connectivity index (χ2v) is 6.48. The molecule has 0 heterocycles. The number of carboxylic acid groups (broad SMARTS) is 5. The number of aliphatic hydroxyl groups excluding tert-OH is 1. The summed E-state index contributed by atoms with van der Waals surface area (Å²) >= 11 is 0. The van der Waals surface area contributed by atoms with Crippen molar-refractivity contribution in [3.05, 3.63) is 0 Å². The fraction of sp³-hybridized carbons (Fsp3) is 0.667. The number of aliphatic carboxylic acids is 5. The minimum absolute atomic E-state index is 0.0710. The third kappa shape index (κ3) is 12.3. The Bertz CT molecular complexity index is 578. The van der Waals surface area contributed by atoms with Crippen LogP contribution in [0.15, 0.2) is 0 Å². The summed E-state index contributed by atoms with van der Waals surface area (Å²) in [5.74, 6) is -6.48. The van der Waals surface area contributed by atoms with Gasteiger partial charge in [-0.15, -0.1) is 0 Å². The van der Waals surface area contributed by atoms with Crippen LogP contribution in [-0.4, -0.2) is 140 Å². The van der Waals surface area contributed by atoms with Crippen molar-refractivity contribution in [2.75, 3.05) is 65.6 Å². The molecule has 0 aliphatic heterocycles. The van der Waals surface area contributed by atoms with Crippen molar-refractivity contribution in [2.45, 2.75) is 0 Å². The minimum Gasteiger partial charge on any atom is -0.480 e. The first kappa shape index (κ1) is 26.2. The third-order valence-electron chi connectivity index (χ3n) is 3.94. The van der Waals surface area contributed by atoms with E-state index in [0.717, 1.165) is 4.90 Å². The first-order chi connectivity index (χ1) is 13.4. The van der Waals surface area contributed by atoms with Crippen molar-refractivity contribution in [3.63, 3.8) is 0 Å². The summed E-state index contributed by atoms with van der Waals surface area (Å²) in [6.07, 6.45) is 0. The largest absolute Gasteiger partial charge is 0.480 e. The highest BCUT2D eigenvalue weighted by Crippen LogP contribution is 2.07. The molecule has 0 fully saturated rings. The maximum absolute atomic E-state index is 11.1. The normalized spacial score (nSPS) is 11.6. The molecule has 0 aromatic rings. The van der Waals surface area contributed by atoms with E-state index in [4.69, 9.17) is 25.5 Å². The van der Waals surface area contributed by atoms with Gasteiger partial charge >= 0.3 is 29.8 Å². The number of aliphatic hydroxyl groups is 1. The van der Waals surface area contributed by atoms with Gasteiger partial charge in [0.2, 0.25) is 0 Å². The molecule has 0 rings (SSSR count). The molecule has 29 heavy (non-hydrogen) atoms. The summed E-state index contributed by atoms with van der Waals surface area (Å²) in [7, 11) is 0. The Kier molecular flexibility index (Phi) is 11.4. The van der Waals surface area contributed by atoms with E-state index in [1.54, 1.807) is 0 Å². The van der Waals surface area contributed by atoms with Gasteiger partial charge in [0.05, 0.1) is 26.2 Å². The predicted octanol–water partition coefficient (Wildman–Crippen LogP) is -3.22. The number of nitrogens with zero attached hydrogens (tertiary/aromatic N) is 3. The lowest BCUT2D eigenvalue weighted by Crippen LogP contribution is -2.58. The van der Waals surface area contributed by atoms with Crippen LogP contribution in [0.2, 0.25) is 0 Å². The highest BCUT2D eigenvalue weighted by Gasteiger charge is 2.33. The Morgan fingerprint density at radius 1 is 0.586 bits per heavy atom. The molecule has 0 amide bonds. The van der Waals surface area contributed by atoms with Crippen molar-refractivity contribution >= 4 is 29.8 Å². The summed E-state index contributed by atoms with van der Waals surface area (Å²) in [5, 5.41) is 54.3. The zero-order chi connectivity index (χ0) is 22.6. The van der Waals surface area contributed by atoms with E-state index in [1.165, 1.54) is 4.90 Å². The van der Waals surface area contributed by atoms with E-state index >= 15 is 0 Å². The molecular weight excluding hydrogens is 398 g/mol. The van der Waals surface area contributed by atoms with Crippen LogP contribution in [0.5, 0.6) is 0 Å². The summed E-state index contributed by atoms with van der Waals surface area (Å²) in [5.41, 5.74) is 0. The molecule has 166 valence electrons. The molecule has 0 aliphatic rings. The minimum atomic E-state index is -1.35. The molecule has 0 aromatic heterocycles. The van der Waals surface area contributed by atoms with Gasteiger partial charge in [0.25, 0.3) is 0 Å². The second kappa shape index (κ2) is 12.6. The van der Waals surface area contributed by atoms with Gasteiger partial charge in [-0.25, -0.2) is 9.59 Å². The van der Waals surface area contributed by atoms with Crippen molar-refractivity contribution < 1.29 is 59.1 Å². The maximum atomic E-state index is 11.1. The summed E-state index contributed by atoms with van der Waals surface area (Å²) in [6.45, 7) is -4.41. The van der Waals surface area contributed by atoms with E-state index in [1.807, 2.05) is 0 Å². The van der Waals surface area contributed by atoms with Crippen LogP contribution in [0.25, 0.3) is 0 Å². The fourth-order valence-electron chi connectivity index (χ4n) is 2.65. The molecule has 0 saturated heterocycles. The Balaban J connectivity index is 5.21. The molecule has 0 unspecified atom stereocenters. The lowest BCUT2D eigenvalue weighted by Gasteiger charge is -2.35. The van der Waals surface area contributed by atoms with E-state index in [9.17, 15) is 29.1 Å². The number of hydrogen-bond donors (Lipinski definition) is 6.